The fourth-order valence-electron chi connectivity index (χ4n) is 1.68. The molecule has 0 spiro atoms. The number of anilines is 1. The van der Waals surface area contributed by atoms with Crippen molar-refractivity contribution in [1.29, 1.82) is 0 Å². The number of rotatable bonds is 5. The van der Waals surface area contributed by atoms with E-state index in [1.807, 2.05) is 24.3 Å². The van der Waals surface area contributed by atoms with Gasteiger partial charge in [-0.05, 0) is 42.9 Å². The van der Waals surface area contributed by atoms with E-state index >= 15 is 0 Å². The minimum Gasteiger partial charge on any atom is -0.360 e. The Hall–Kier alpha value is -1.18. The molecular weight excluding hydrogens is 342 g/mol. The maximum Gasteiger partial charge on any atom is 0.242 e. The van der Waals surface area contributed by atoms with Gasteiger partial charge in [-0.1, -0.05) is 5.16 Å². The predicted octanol–water partition coefficient (Wildman–Crippen LogP) is 3.27. The maximum atomic E-state index is 12.1. The van der Waals surface area contributed by atoms with Crippen LogP contribution in [0.15, 0.2) is 26.5 Å². The van der Waals surface area contributed by atoms with Crippen LogP contribution >= 0.6 is 27.3 Å². The molecule has 0 aliphatic rings. The number of aromatic nitrogens is 1. The number of carbonyl (C=O) groups excluding carboxylic acids is 1. The Morgan fingerprint density at radius 2 is 2.35 bits per heavy atom. The number of hydrogen-bond donors (Lipinski definition) is 1. The minimum atomic E-state index is -0.257. The summed E-state index contributed by atoms with van der Waals surface area (Å²) in [5.74, 6) is 1.02. The van der Waals surface area contributed by atoms with Crippen LogP contribution in [0.1, 0.15) is 17.6 Å². The predicted molar refractivity (Wildman–Crippen MR) is 82.8 cm³/mol. The third-order valence-corrected chi connectivity index (χ3v) is 4.63. The second-order valence-electron chi connectivity index (χ2n) is 4.63. The summed E-state index contributed by atoms with van der Waals surface area (Å²) < 4.78 is 5.99. The topological polar surface area (TPSA) is 58.4 Å². The molecule has 5 nitrogen and oxygen atoms in total. The lowest BCUT2D eigenvalue weighted by atomic mass is 10.2. The number of hydrogen-bond acceptors (Lipinski definition) is 5. The third-order valence-electron chi connectivity index (χ3n) is 2.95. The fourth-order valence-corrected chi connectivity index (χ4v) is 3.19. The summed E-state index contributed by atoms with van der Waals surface area (Å²) >= 11 is 5.10. The van der Waals surface area contributed by atoms with Gasteiger partial charge in [0, 0.05) is 27.3 Å². The highest BCUT2D eigenvalue weighted by atomic mass is 79.9. The van der Waals surface area contributed by atoms with Crippen molar-refractivity contribution in [3.05, 3.63) is 32.6 Å². The van der Waals surface area contributed by atoms with Crippen molar-refractivity contribution < 1.29 is 9.32 Å². The van der Waals surface area contributed by atoms with Gasteiger partial charge < -0.3 is 9.84 Å². The van der Waals surface area contributed by atoms with Crippen molar-refractivity contribution in [2.75, 3.05) is 12.4 Å². The number of nitrogens with zero attached hydrogens (tertiary/aromatic N) is 2. The summed E-state index contributed by atoms with van der Waals surface area (Å²) in [5, 5.41) is 8.53. The zero-order valence-corrected chi connectivity index (χ0v) is 13.9. The molecule has 0 aliphatic carbocycles. The van der Waals surface area contributed by atoms with Gasteiger partial charge in [0.1, 0.15) is 5.76 Å². The lowest BCUT2D eigenvalue weighted by Gasteiger charge is -2.22. The largest absolute Gasteiger partial charge is 0.360 e. The molecule has 1 N–H and O–H groups in total. The van der Waals surface area contributed by atoms with Gasteiger partial charge >= 0.3 is 0 Å². The van der Waals surface area contributed by atoms with Crippen molar-refractivity contribution in [2.45, 2.75) is 26.4 Å². The number of thiophene rings is 1. The van der Waals surface area contributed by atoms with E-state index in [1.165, 1.54) is 4.88 Å². The Morgan fingerprint density at radius 3 is 2.90 bits per heavy atom. The Bertz CT molecular complexity index is 596. The van der Waals surface area contributed by atoms with Crippen molar-refractivity contribution >= 4 is 39.0 Å². The fraction of sp³-hybridized carbons (Fsp3) is 0.385. The molecule has 2 rings (SSSR count). The van der Waals surface area contributed by atoms with Gasteiger partial charge in [0.15, 0.2) is 5.82 Å². The standard InChI is InChI=1S/C13H16BrN3O2S/c1-8-4-12(16-19-8)15-13(18)9(2)17(3)6-11-5-10(14)7-20-11/h4-5,7,9H,6H2,1-3H3,(H,15,16,18)/t9-/m0/s1. The number of carbonyl (C=O) groups is 1. The molecule has 20 heavy (non-hydrogen) atoms. The minimum absolute atomic E-state index is 0.101. The second kappa shape index (κ2) is 6.51. The smallest absolute Gasteiger partial charge is 0.242 e. The van der Waals surface area contributed by atoms with Gasteiger partial charge in [0.25, 0.3) is 0 Å². The molecule has 1 atom stereocenters. The van der Waals surface area contributed by atoms with Gasteiger partial charge in [0.2, 0.25) is 5.91 Å². The van der Waals surface area contributed by atoms with E-state index in [-0.39, 0.29) is 11.9 Å². The molecule has 108 valence electrons. The molecule has 0 bridgehead atoms. The second-order valence-corrected chi connectivity index (χ2v) is 6.55. The molecular formula is C13H16BrN3O2S. The molecule has 2 heterocycles. The highest BCUT2D eigenvalue weighted by Crippen LogP contribution is 2.21. The number of likely N-dealkylation sites (N-methyl/N-ethyl adjacent to an activating group) is 1. The highest BCUT2D eigenvalue weighted by Gasteiger charge is 2.19. The van der Waals surface area contributed by atoms with Gasteiger partial charge in [0.05, 0.1) is 6.04 Å². The first kappa shape index (κ1) is 15.2. The molecule has 0 aromatic carbocycles. The molecule has 0 saturated heterocycles. The van der Waals surface area contributed by atoms with Crippen LogP contribution in [-0.2, 0) is 11.3 Å². The number of amides is 1. The monoisotopic (exact) mass is 357 g/mol. The lowest BCUT2D eigenvalue weighted by molar-refractivity contribution is -0.120. The van der Waals surface area contributed by atoms with Gasteiger partial charge in [-0.25, -0.2) is 0 Å². The van der Waals surface area contributed by atoms with E-state index in [1.54, 1.807) is 24.3 Å². The molecule has 2 aromatic heterocycles. The molecule has 1 amide bonds. The van der Waals surface area contributed by atoms with Gasteiger partial charge in [-0.3, -0.25) is 9.69 Å². The van der Waals surface area contributed by atoms with E-state index in [0.29, 0.717) is 11.6 Å². The number of aryl methyl sites for hydroxylation is 1. The molecule has 0 fully saturated rings. The quantitative estimate of drug-likeness (QED) is 0.891. The number of halogens is 1. The van der Waals surface area contributed by atoms with Crippen LogP contribution in [0.4, 0.5) is 5.82 Å². The zero-order chi connectivity index (χ0) is 14.7. The maximum absolute atomic E-state index is 12.1. The lowest BCUT2D eigenvalue weighted by Crippen LogP contribution is -2.39. The SMILES string of the molecule is Cc1cc(NC(=O)[C@H](C)N(C)Cc2cc(Br)cs2)no1. The van der Waals surface area contributed by atoms with Crippen molar-refractivity contribution in [3.63, 3.8) is 0 Å². The van der Waals surface area contributed by atoms with Crippen LogP contribution in [0.3, 0.4) is 0 Å². The third kappa shape index (κ3) is 3.91. The summed E-state index contributed by atoms with van der Waals surface area (Å²) in [6.45, 7) is 4.38. The highest BCUT2D eigenvalue weighted by molar-refractivity contribution is 9.10. The van der Waals surface area contributed by atoms with Gasteiger partial charge in [-0.2, -0.15) is 0 Å². The van der Waals surface area contributed by atoms with Crippen LogP contribution in [0.5, 0.6) is 0 Å². The summed E-state index contributed by atoms with van der Waals surface area (Å²) in [6, 6.07) is 3.50. The summed E-state index contributed by atoms with van der Waals surface area (Å²) in [5.41, 5.74) is 0. The summed E-state index contributed by atoms with van der Waals surface area (Å²) in [4.78, 5) is 15.3. The van der Waals surface area contributed by atoms with Crippen LogP contribution in [0.2, 0.25) is 0 Å². The molecule has 0 saturated carbocycles. The Morgan fingerprint density at radius 1 is 1.60 bits per heavy atom. The van der Waals surface area contributed by atoms with Crippen LogP contribution in [-0.4, -0.2) is 29.1 Å². The Balaban J connectivity index is 1.92. The van der Waals surface area contributed by atoms with Crippen molar-refractivity contribution in [3.8, 4) is 0 Å². The van der Waals surface area contributed by atoms with E-state index in [2.05, 4.69) is 32.5 Å². The average Bonchev–Trinajstić information content (AvgIpc) is 2.97. The molecule has 7 heteroatoms. The molecule has 0 aliphatic heterocycles. The van der Waals surface area contributed by atoms with E-state index in [4.69, 9.17) is 4.52 Å². The van der Waals surface area contributed by atoms with Crippen LogP contribution in [0, 0.1) is 6.92 Å². The van der Waals surface area contributed by atoms with E-state index in [0.717, 1.165) is 11.0 Å². The summed E-state index contributed by atoms with van der Waals surface area (Å²) in [6.07, 6.45) is 0. The first-order chi connectivity index (χ1) is 9.45. The summed E-state index contributed by atoms with van der Waals surface area (Å²) in [7, 11) is 1.92. The van der Waals surface area contributed by atoms with Gasteiger partial charge in [-0.15, -0.1) is 11.3 Å². The van der Waals surface area contributed by atoms with Crippen molar-refractivity contribution in [2.24, 2.45) is 0 Å². The van der Waals surface area contributed by atoms with Crippen LogP contribution < -0.4 is 5.32 Å². The van der Waals surface area contributed by atoms with E-state index in [9.17, 15) is 4.79 Å². The van der Waals surface area contributed by atoms with Crippen molar-refractivity contribution in [1.82, 2.24) is 10.1 Å². The normalized spacial score (nSPS) is 12.7. The molecule has 2 aromatic rings. The molecule has 0 radical (unpaired) electrons. The average molecular weight is 358 g/mol. The first-order valence-corrected chi connectivity index (χ1v) is 7.80. The first-order valence-electron chi connectivity index (χ1n) is 6.13. The van der Waals surface area contributed by atoms with E-state index < -0.39 is 0 Å². The Labute approximate surface area is 130 Å². The number of nitrogens with one attached hydrogen (secondary N) is 1. The Kier molecular flexibility index (Phi) is 4.95. The molecule has 0 unspecified atom stereocenters. The zero-order valence-electron chi connectivity index (χ0n) is 11.5. The van der Waals surface area contributed by atoms with Crippen LogP contribution in [0.25, 0.3) is 0 Å².